The largest absolute Gasteiger partial charge is 0.456 e. The summed E-state index contributed by atoms with van der Waals surface area (Å²) >= 11 is 1.87. The smallest absolute Gasteiger partial charge is 0.136 e. The van der Waals surface area contributed by atoms with E-state index in [0.29, 0.717) is 5.92 Å². The Labute approximate surface area is 360 Å². The highest BCUT2D eigenvalue weighted by Crippen LogP contribution is 2.50. The highest BCUT2D eigenvalue weighted by Gasteiger charge is 2.25. The van der Waals surface area contributed by atoms with Gasteiger partial charge < -0.3 is 9.32 Å². The molecule has 292 valence electrons. The van der Waals surface area contributed by atoms with Gasteiger partial charge in [0.15, 0.2) is 0 Å². The molecule has 0 bridgehead atoms. The van der Waals surface area contributed by atoms with E-state index in [1.807, 2.05) is 17.4 Å². The molecule has 1 aliphatic rings. The monoisotopic (exact) mass is 801 g/mol. The molecule has 0 radical (unpaired) electrons. The number of nitrogens with zero attached hydrogens (tertiary/aromatic N) is 1. The third-order valence-electron chi connectivity index (χ3n) is 13.1. The number of para-hydroxylation sites is 3. The van der Waals surface area contributed by atoms with Crippen LogP contribution in [0, 0.1) is 0 Å². The van der Waals surface area contributed by atoms with Gasteiger partial charge in [0.25, 0.3) is 0 Å². The van der Waals surface area contributed by atoms with Crippen molar-refractivity contribution in [2.75, 3.05) is 4.90 Å². The van der Waals surface area contributed by atoms with Crippen LogP contribution in [0.4, 0.5) is 17.1 Å². The Morgan fingerprint density at radius 1 is 0.426 bits per heavy atom. The van der Waals surface area contributed by atoms with E-state index in [1.165, 1.54) is 90.9 Å². The van der Waals surface area contributed by atoms with Crippen molar-refractivity contribution in [2.24, 2.45) is 0 Å². The number of rotatable bonds is 7. The number of hydrogen-bond acceptors (Lipinski definition) is 3. The van der Waals surface area contributed by atoms with Crippen LogP contribution < -0.4 is 4.90 Å². The predicted molar refractivity (Wildman–Crippen MR) is 261 cm³/mol. The number of benzene rings is 9. The molecule has 0 amide bonds. The highest BCUT2D eigenvalue weighted by atomic mass is 32.1. The zero-order valence-electron chi connectivity index (χ0n) is 33.9. The minimum Gasteiger partial charge on any atom is -0.456 e. The van der Waals surface area contributed by atoms with Gasteiger partial charge >= 0.3 is 0 Å². The molecule has 0 N–H and O–H groups in total. The van der Waals surface area contributed by atoms with Crippen LogP contribution in [-0.2, 0) is 0 Å². The summed E-state index contributed by atoms with van der Waals surface area (Å²) in [6, 6.07) is 71.6. The van der Waals surface area contributed by atoms with Crippen LogP contribution in [0.5, 0.6) is 0 Å². The van der Waals surface area contributed by atoms with Crippen LogP contribution in [0.15, 0.2) is 199 Å². The van der Waals surface area contributed by atoms with Gasteiger partial charge in [0, 0.05) is 47.8 Å². The van der Waals surface area contributed by atoms with Crippen LogP contribution in [0.2, 0.25) is 0 Å². The molecular formula is C58H43NOS. The Bertz CT molecular complexity index is 3430. The molecule has 1 saturated carbocycles. The SMILES string of the molecule is c1cc(-c2ccc3c(c2)oc2ccccc23)cc(N(c2ccccc2-c2cccc3cccc(C4CCCCC4)c23)c2ccccc2-c2cccc3sc4ccccc4c23)c1. The molecule has 2 heterocycles. The first kappa shape index (κ1) is 36.0. The molecule has 0 saturated heterocycles. The fourth-order valence-electron chi connectivity index (χ4n) is 10.3. The van der Waals surface area contributed by atoms with Gasteiger partial charge in [0.05, 0.1) is 11.4 Å². The van der Waals surface area contributed by atoms with Crippen molar-refractivity contribution < 1.29 is 4.42 Å². The topological polar surface area (TPSA) is 16.4 Å². The van der Waals surface area contributed by atoms with Crippen molar-refractivity contribution >= 4 is 81.3 Å². The maximum atomic E-state index is 6.40. The van der Waals surface area contributed by atoms with Crippen molar-refractivity contribution in [2.45, 2.75) is 38.0 Å². The maximum Gasteiger partial charge on any atom is 0.136 e. The van der Waals surface area contributed by atoms with Crippen molar-refractivity contribution in [3.63, 3.8) is 0 Å². The average Bonchev–Trinajstić information content (AvgIpc) is 3.90. The molecule has 12 rings (SSSR count). The van der Waals surface area contributed by atoms with E-state index in [2.05, 4.69) is 193 Å². The Hall–Kier alpha value is -6.94. The van der Waals surface area contributed by atoms with E-state index in [-0.39, 0.29) is 0 Å². The first-order valence-corrected chi connectivity index (χ1v) is 22.5. The Morgan fingerprint density at radius 3 is 1.85 bits per heavy atom. The fraction of sp³-hybridized carbons (Fsp3) is 0.103. The molecule has 11 aromatic rings. The lowest BCUT2D eigenvalue weighted by molar-refractivity contribution is 0.445. The summed E-state index contributed by atoms with van der Waals surface area (Å²) in [5.41, 5.74) is 13.9. The zero-order chi connectivity index (χ0) is 40.3. The predicted octanol–water partition coefficient (Wildman–Crippen LogP) is 17.6. The molecular weight excluding hydrogens is 759 g/mol. The summed E-state index contributed by atoms with van der Waals surface area (Å²) in [5.74, 6) is 0.573. The number of anilines is 3. The molecule has 0 aliphatic heterocycles. The van der Waals surface area contributed by atoms with Crippen LogP contribution >= 0.6 is 11.3 Å². The Balaban J connectivity index is 1.10. The zero-order valence-corrected chi connectivity index (χ0v) is 34.7. The van der Waals surface area contributed by atoms with E-state index in [0.717, 1.165) is 50.1 Å². The molecule has 1 aliphatic carbocycles. The Kier molecular flexibility index (Phi) is 8.82. The summed E-state index contributed by atoms with van der Waals surface area (Å²) < 4.78 is 9.01. The van der Waals surface area contributed by atoms with Gasteiger partial charge in [0.2, 0.25) is 0 Å². The van der Waals surface area contributed by atoms with Gasteiger partial charge in [-0.05, 0) is 112 Å². The fourth-order valence-corrected chi connectivity index (χ4v) is 11.4. The van der Waals surface area contributed by atoms with Gasteiger partial charge in [-0.15, -0.1) is 11.3 Å². The van der Waals surface area contributed by atoms with Crippen molar-refractivity contribution in [1.29, 1.82) is 0 Å². The molecule has 3 heteroatoms. The third kappa shape index (κ3) is 6.14. The second kappa shape index (κ2) is 15.0. The normalized spacial score (nSPS) is 13.5. The van der Waals surface area contributed by atoms with Gasteiger partial charge in [-0.25, -0.2) is 0 Å². The maximum absolute atomic E-state index is 6.40. The van der Waals surface area contributed by atoms with Crippen LogP contribution in [0.3, 0.4) is 0 Å². The lowest BCUT2D eigenvalue weighted by Gasteiger charge is -2.31. The van der Waals surface area contributed by atoms with Crippen LogP contribution in [0.25, 0.3) is 86.3 Å². The van der Waals surface area contributed by atoms with E-state index in [1.54, 1.807) is 0 Å². The standard InChI is InChI=1S/C58H43NOS/c1-2-16-38(17-3-1)43-26-13-18-39-19-14-27-48(57(39)43)44-22-4-8-29-51(44)59(42-21-12-20-40(36-42)41-34-35-47-46-24-6-10-31-53(46)60-54(47)37-41)52-30-9-5-23-45(52)49-28-15-33-56-58(49)50-25-7-11-32-55(50)61-56/h4-15,18-38H,1-3,16-17H2. The van der Waals surface area contributed by atoms with Crippen molar-refractivity contribution in [3.8, 4) is 33.4 Å². The summed E-state index contributed by atoms with van der Waals surface area (Å²) in [7, 11) is 0. The molecule has 61 heavy (non-hydrogen) atoms. The number of hydrogen-bond donors (Lipinski definition) is 0. The second-order valence-corrected chi connectivity index (χ2v) is 17.7. The van der Waals surface area contributed by atoms with Gasteiger partial charge in [-0.2, -0.15) is 0 Å². The molecule has 0 spiro atoms. The lowest BCUT2D eigenvalue weighted by atomic mass is 9.80. The van der Waals surface area contributed by atoms with E-state index in [4.69, 9.17) is 4.42 Å². The number of thiophene rings is 1. The molecule has 1 fully saturated rings. The molecule has 2 nitrogen and oxygen atoms in total. The van der Waals surface area contributed by atoms with Gasteiger partial charge in [-0.3, -0.25) is 0 Å². The number of furan rings is 1. The van der Waals surface area contributed by atoms with Crippen LogP contribution in [-0.4, -0.2) is 0 Å². The van der Waals surface area contributed by atoms with Gasteiger partial charge in [0.1, 0.15) is 11.2 Å². The van der Waals surface area contributed by atoms with E-state index >= 15 is 0 Å². The summed E-state index contributed by atoms with van der Waals surface area (Å²) in [6.45, 7) is 0. The van der Waals surface area contributed by atoms with E-state index in [9.17, 15) is 0 Å². The molecule has 2 aromatic heterocycles. The summed E-state index contributed by atoms with van der Waals surface area (Å²) in [6.07, 6.45) is 6.45. The molecule has 0 atom stereocenters. The molecule has 9 aromatic carbocycles. The van der Waals surface area contributed by atoms with Crippen molar-refractivity contribution in [3.05, 3.63) is 200 Å². The first-order chi connectivity index (χ1) is 30.3. The third-order valence-corrected chi connectivity index (χ3v) is 14.2. The Morgan fingerprint density at radius 2 is 1.03 bits per heavy atom. The summed E-state index contributed by atoms with van der Waals surface area (Å²) in [4.78, 5) is 2.52. The highest BCUT2D eigenvalue weighted by molar-refractivity contribution is 7.25. The second-order valence-electron chi connectivity index (χ2n) is 16.6. The van der Waals surface area contributed by atoms with E-state index < -0.39 is 0 Å². The first-order valence-electron chi connectivity index (χ1n) is 21.7. The average molecular weight is 802 g/mol. The van der Waals surface area contributed by atoms with Crippen LogP contribution in [0.1, 0.15) is 43.6 Å². The van der Waals surface area contributed by atoms with Gasteiger partial charge in [-0.1, -0.05) is 159 Å². The molecule has 0 unspecified atom stereocenters. The summed E-state index contributed by atoms with van der Waals surface area (Å²) in [5, 5.41) is 7.58. The lowest BCUT2D eigenvalue weighted by Crippen LogP contribution is -2.13. The van der Waals surface area contributed by atoms with Crippen molar-refractivity contribution in [1.82, 2.24) is 0 Å². The number of fused-ring (bicyclic) bond motifs is 7. The quantitative estimate of drug-likeness (QED) is 0.160. The minimum absolute atomic E-state index is 0.573. The minimum atomic E-state index is 0.573.